The zero-order valence-corrected chi connectivity index (χ0v) is 7.20. The van der Waals surface area contributed by atoms with E-state index in [1.165, 1.54) is 17.0 Å². The van der Waals surface area contributed by atoms with Crippen molar-refractivity contribution < 1.29 is 9.23 Å². The first kappa shape index (κ1) is 8.04. The molecule has 1 aromatic carbocycles. The fraction of sp³-hybridized carbons (Fsp3) is 0.222. The van der Waals surface area contributed by atoms with Gasteiger partial charge in [-0.1, -0.05) is 4.85 Å². The van der Waals surface area contributed by atoms with E-state index in [0.29, 0.717) is 12.1 Å². The highest BCUT2D eigenvalue weighted by molar-refractivity contribution is 5.78. The minimum atomic E-state index is -0.283. The van der Waals surface area contributed by atoms with E-state index in [1.807, 2.05) is 6.92 Å². The van der Waals surface area contributed by atoms with E-state index in [9.17, 15) is 4.39 Å². The van der Waals surface area contributed by atoms with Gasteiger partial charge in [0, 0.05) is 11.5 Å². The molecule has 4 heteroatoms. The molecule has 0 fully saturated rings. The molecule has 68 valence electrons. The number of fused-ring (bicyclic) bond motifs is 1. The van der Waals surface area contributed by atoms with Crippen molar-refractivity contribution in [2.75, 3.05) is 6.61 Å². The van der Waals surface area contributed by atoms with E-state index in [1.54, 1.807) is 12.3 Å². The summed E-state index contributed by atoms with van der Waals surface area (Å²) >= 11 is 0. The molecule has 0 aliphatic heterocycles. The molecule has 0 amide bonds. The summed E-state index contributed by atoms with van der Waals surface area (Å²) in [5.41, 5.74) is 0.654. The van der Waals surface area contributed by atoms with Crippen LogP contribution in [0.4, 0.5) is 4.39 Å². The molecule has 2 rings (SSSR count). The van der Waals surface area contributed by atoms with Gasteiger partial charge in [0.25, 0.3) is 0 Å². The number of benzene rings is 1. The van der Waals surface area contributed by atoms with Crippen LogP contribution in [0.15, 0.2) is 24.4 Å². The third-order valence-electron chi connectivity index (χ3n) is 1.75. The van der Waals surface area contributed by atoms with Crippen molar-refractivity contribution in [3.63, 3.8) is 0 Å². The molecule has 0 bridgehead atoms. The van der Waals surface area contributed by atoms with Crippen LogP contribution in [0.5, 0.6) is 0 Å². The summed E-state index contributed by atoms with van der Waals surface area (Å²) in [6.45, 7) is 2.36. The Morgan fingerprint density at radius 1 is 1.54 bits per heavy atom. The maximum Gasteiger partial charge on any atom is 0.125 e. The SMILES string of the molecule is CCOn1ncc2ccc(F)cc21. The number of nitrogens with zero attached hydrogens (tertiary/aromatic N) is 2. The molecule has 0 N–H and O–H groups in total. The number of hydrogen-bond acceptors (Lipinski definition) is 2. The lowest BCUT2D eigenvalue weighted by Crippen LogP contribution is -2.11. The lowest BCUT2D eigenvalue weighted by Gasteiger charge is -2.01. The van der Waals surface area contributed by atoms with Gasteiger partial charge in [-0.15, -0.1) is 5.10 Å². The monoisotopic (exact) mass is 180 g/mol. The third kappa shape index (κ3) is 1.35. The standard InChI is InChI=1S/C9H9FN2O/c1-2-13-12-9-5-8(10)4-3-7(9)6-11-12/h3-6H,2H2,1H3. The third-order valence-corrected chi connectivity index (χ3v) is 1.75. The Balaban J connectivity index is 2.58. The predicted molar refractivity (Wildman–Crippen MR) is 46.8 cm³/mol. The minimum absolute atomic E-state index is 0.283. The molecule has 1 aromatic heterocycles. The van der Waals surface area contributed by atoms with Gasteiger partial charge >= 0.3 is 0 Å². The Morgan fingerprint density at radius 2 is 2.38 bits per heavy atom. The molecule has 0 saturated carbocycles. The van der Waals surface area contributed by atoms with Gasteiger partial charge in [0.05, 0.1) is 6.20 Å². The zero-order valence-electron chi connectivity index (χ0n) is 7.20. The summed E-state index contributed by atoms with van der Waals surface area (Å²) in [5, 5.41) is 4.82. The van der Waals surface area contributed by atoms with Crippen LogP contribution in [0, 0.1) is 5.82 Å². The lowest BCUT2D eigenvalue weighted by atomic mass is 10.2. The maximum atomic E-state index is 12.8. The van der Waals surface area contributed by atoms with Gasteiger partial charge in [-0.3, -0.25) is 0 Å². The molecule has 0 atom stereocenters. The molecular formula is C9H9FN2O. The first-order valence-electron chi connectivity index (χ1n) is 4.08. The molecule has 0 saturated heterocycles. The van der Waals surface area contributed by atoms with Crippen LogP contribution in [-0.4, -0.2) is 16.6 Å². The first-order valence-corrected chi connectivity index (χ1v) is 4.08. The van der Waals surface area contributed by atoms with Gasteiger partial charge in [-0.25, -0.2) is 4.39 Å². The smallest absolute Gasteiger partial charge is 0.125 e. The number of hydrogen-bond donors (Lipinski definition) is 0. The quantitative estimate of drug-likeness (QED) is 0.702. The van der Waals surface area contributed by atoms with Gasteiger partial charge in [0.1, 0.15) is 17.9 Å². The molecule has 1 heterocycles. The fourth-order valence-corrected chi connectivity index (χ4v) is 1.19. The molecule has 0 radical (unpaired) electrons. The van der Waals surface area contributed by atoms with Crippen molar-refractivity contribution >= 4 is 10.9 Å². The molecular weight excluding hydrogens is 171 g/mol. The average Bonchev–Trinajstić information content (AvgIpc) is 2.49. The second-order valence-corrected chi connectivity index (χ2v) is 2.64. The van der Waals surface area contributed by atoms with Gasteiger partial charge < -0.3 is 4.84 Å². The van der Waals surface area contributed by atoms with Crippen LogP contribution in [0.1, 0.15) is 6.92 Å². The molecule has 2 aromatic rings. The van der Waals surface area contributed by atoms with Gasteiger partial charge in [0.2, 0.25) is 0 Å². The van der Waals surface area contributed by atoms with Gasteiger partial charge in [-0.05, 0) is 19.1 Å². The van der Waals surface area contributed by atoms with Gasteiger partial charge in [0.15, 0.2) is 0 Å². The second kappa shape index (κ2) is 3.05. The Kier molecular flexibility index (Phi) is 1.88. The number of rotatable bonds is 2. The maximum absolute atomic E-state index is 12.8. The van der Waals surface area contributed by atoms with Crippen molar-refractivity contribution in [2.24, 2.45) is 0 Å². The number of halogens is 1. The first-order chi connectivity index (χ1) is 6.31. The Morgan fingerprint density at radius 3 is 3.15 bits per heavy atom. The second-order valence-electron chi connectivity index (χ2n) is 2.64. The van der Waals surface area contributed by atoms with Gasteiger partial charge in [-0.2, -0.15) is 0 Å². The van der Waals surface area contributed by atoms with Crippen LogP contribution in [-0.2, 0) is 0 Å². The number of aromatic nitrogens is 2. The minimum Gasteiger partial charge on any atom is -0.396 e. The highest BCUT2D eigenvalue weighted by Crippen LogP contribution is 2.13. The summed E-state index contributed by atoms with van der Waals surface area (Å²) < 4.78 is 12.8. The largest absolute Gasteiger partial charge is 0.396 e. The zero-order chi connectivity index (χ0) is 9.26. The average molecular weight is 180 g/mol. The van der Waals surface area contributed by atoms with E-state index in [2.05, 4.69) is 5.10 Å². The lowest BCUT2D eigenvalue weighted by molar-refractivity contribution is 0.103. The molecule has 13 heavy (non-hydrogen) atoms. The van der Waals surface area contributed by atoms with Crippen LogP contribution in [0.3, 0.4) is 0 Å². The molecule has 0 unspecified atom stereocenters. The summed E-state index contributed by atoms with van der Waals surface area (Å²) in [7, 11) is 0. The Labute approximate surface area is 74.7 Å². The van der Waals surface area contributed by atoms with Crippen molar-refractivity contribution in [3.8, 4) is 0 Å². The molecule has 3 nitrogen and oxygen atoms in total. The molecule has 0 spiro atoms. The highest BCUT2D eigenvalue weighted by atomic mass is 19.1. The summed E-state index contributed by atoms with van der Waals surface area (Å²) in [5.74, 6) is -0.283. The van der Waals surface area contributed by atoms with E-state index in [0.717, 1.165) is 5.39 Å². The normalized spacial score (nSPS) is 10.6. The molecule has 0 aliphatic carbocycles. The fourth-order valence-electron chi connectivity index (χ4n) is 1.19. The van der Waals surface area contributed by atoms with Crippen LogP contribution >= 0.6 is 0 Å². The predicted octanol–water partition coefficient (Wildman–Crippen LogP) is 1.62. The van der Waals surface area contributed by atoms with Crippen LogP contribution < -0.4 is 4.84 Å². The van der Waals surface area contributed by atoms with Crippen molar-refractivity contribution in [1.29, 1.82) is 0 Å². The topological polar surface area (TPSA) is 27.1 Å². The summed E-state index contributed by atoms with van der Waals surface area (Å²) in [4.78, 5) is 6.48. The Bertz CT molecular complexity index is 424. The van der Waals surface area contributed by atoms with Crippen molar-refractivity contribution in [1.82, 2.24) is 9.94 Å². The van der Waals surface area contributed by atoms with Crippen molar-refractivity contribution in [2.45, 2.75) is 6.92 Å². The van der Waals surface area contributed by atoms with Crippen LogP contribution in [0.25, 0.3) is 10.9 Å². The van der Waals surface area contributed by atoms with Crippen molar-refractivity contribution in [3.05, 3.63) is 30.2 Å². The molecule has 0 aliphatic rings. The summed E-state index contributed by atoms with van der Waals surface area (Å²) in [6, 6.07) is 4.48. The summed E-state index contributed by atoms with van der Waals surface area (Å²) in [6.07, 6.45) is 1.64. The van der Waals surface area contributed by atoms with E-state index in [-0.39, 0.29) is 5.82 Å². The van der Waals surface area contributed by atoms with E-state index >= 15 is 0 Å². The van der Waals surface area contributed by atoms with Crippen LogP contribution in [0.2, 0.25) is 0 Å². The van der Waals surface area contributed by atoms with E-state index in [4.69, 9.17) is 4.84 Å². The highest BCUT2D eigenvalue weighted by Gasteiger charge is 2.03. The van der Waals surface area contributed by atoms with E-state index < -0.39 is 0 Å². The Hall–Kier alpha value is -1.58.